The lowest BCUT2D eigenvalue weighted by molar-refractivity contribution is 0.0692. The van der Waals surface area contributed by atoms with Gasteiger partial charge in [-0.05, 0) is 19.1 Å². The van der Waals surface area contributed by atoms with Gasteiger partial charge in [0.25, 0.3) is 0 Å². The molecule has 1 aromatic carbocycles. The summed E-state index contributed by atoms with van der Waals surface area (Å²) in [6.45, 7) is 1.80. The monoisotopic (exact) mass is 226 g/mol. The zero-order valence-electron chi connectivity index (χ0n) is 9.19. The number of H-pyrrole nitrogens is 1. The van der Waals surface area contributed by atoms with Crippen LogP contribution in [0.15, 0.2) is 30.3 Å². The van der Waals surface area contributed by atoms with Gasteiger partial charge in [0.1, 0.15) is 0 Å². The largest absolute Gasteiger partial charge is 0.476 e. The lowest BCUT2D eigenvalue weighted by Gasteiger charge is -1.99. The molecule has 4 nitrogen and oxygen atoms in total. The number of para-hydroxylation sites is 1. The molecule has 0 aliphatic carbocycles. The smallest absolute Gasteiger partial charge is 0.356 e. The minimum atomic E-state index is -1.01. The van der Waals surface area contributed by atoms with Gasteiger partial charge in [-0.15, -0.1) is 0 Å². The summed E-state index contributed by atoms with van der Waals surface area (Å²) >= 11 is 0. The number of nitrogens with zero attached hydrogens (tertiary/aromatic N) is 1. The van der Waals surface area contributed by atoms with Gasteiger partial charge in [-0.3, -0.25) is 0 Å². The van der Waals surface area contributed by atoms with E-state index in [1.165, 1.54) is 0 Å². The van der Waals surface area contributed by atoms with Crippen molar-refractivity contribution in [1.29, 1.82) is 0 Å². The first-order chi connectivity index (χ1) is 8.16. The van der Waals surface area contributed by atoms with Crippen molar-refractivity contribution in [2.75, 3.05) is 0 Å². The standard InChI is InChI=1S/C13H10N2O2/c1-7-6-9-8-4-2-3-5-10(8)15-11(9)12(14-7)13(16)17/h2-6,15H,1H3,(H,16,17). The molecule has 17 heavy (non-hydrogen) atoms. The molecular formula is C13H10N2O2. The molecule has 3 aromatic rings. The molecule has 0 unspecified atom stereocenters. The van der Waals surface area contributed by atoms with Crippen molar-refractivity contribution in [2.24, 2.45) is 0 Å². The highest BCUT2D eigenvalue weighted by atomic mass is 16.4. The van der Waals surface area contributed by atoms with Crippen molar-refractivity contribution in [2.45, 2.75) is 6.92 Å². The molecule has 0 spiro atoms. The number of hydrogen-bond acceptors (Lipinski definition) is 2. The summed E-state index contributed by atoms with van der Waals surface area (Å²) in [5.74, 6) is -1.01. The highest BCUT2D eigenvalue weighted by molar-refractivity contribution is 6.12. The number of carboxylic acids is 1. The van der Waals surface area contributed by atoms with Crippen LogP contribution in [-0.4, -0.2) is 21.0 Å². The number of hydrogen-bond donors (Lipinski definition) is 2. The summed E-state index contributed by atoms with van der Waals surface area (Å²) in [7, 11) is 0. The minimum absolute atomic E-state index is 0.0798. The van der Waals surface area contributed by atoms with E-state index in [0.717, 1.165) is 16.3 Å². The van der Waals surface area contributed by atoms with Gasteiger partial charge in [0.2, 0.25) is 0 Å². The van der Waals surface area contributed by atoms with E-state index in [-0.39, 0.29) is 5.69 Å². The normalized spacial score (nSPS) is 11.1. The third-order valence-corrected chi connectivity index (χ3v) is 2.83. The van der Waals surface area contributed by atoms with Gasteiger partial charge in [0.15, 0.2) is 5.69 Å². The van der Waals surface area contributed by atoms with E-state index in [2.05, 4.69) is 9.97 Å². The molecule has 0 fully saturated rings. The molecule has 2 aromatic heterocycles. The Balaban J connectivity index is 2.55. The van der Waals surface area contributed by atoms with Crippen molar-refractivity contribution >= 4 is 27.8 Å². The number of carbonyl (C=O) groups is 1. The maximum Gasteiger partial charge on any atom is 0.356 e. The van der Waals surface area contributed by atoms with Crippen molar-refractivity contribution in [1.82, 2.24) is 9.97 Å². The van der Waals surface area contributed by atoms with Crippen LogP contribution in [-0.2, 0) is 0 Å². The molecule has 0 saturated heterocycles. The molecule has 0 radical (unpaired) electrons. The molecule has 0 aliphatic heterocycles. The second-order valence-electron chi connectivity index (χ2n) is 4.01. The number of aromatic nitrogens is 2. The SMILES string of the molecule is Cc1cc2c([nH]c3ccccc32)c(C(=O)O)n1. The quantitative estimate of drug-likeness (QED) is 0.670. The van der Waals surface area contributed by atoms with E-state index in [0.29, 0.717) is 11.2 Å². The maximum atomic E-state index is 11.2. The fraction of sp³-hybridized carbons (Fsp3) is 0.0769. The van der Waals surface area contributed by atoms with Crippen LogP contribution in [0.3, 0.4) is 0 Å². The van der Waals surface area contributed by atoms with E-state index < -0.39 is 5.97 Å². The maximum absolute atomic E-state index is 11.2. The van der Waals surface area contributed by atoms with E-state index in [9.17, 15) is 4.79 Å². The van der Waals surface area contributed by atoms with Crippen molar-refractivity contribution in [3.8, 4) is 0 Å². The summed E-state index contributed by atoms with van der Waals surface area (Å²) in [6.07, 6.45) is 0. The lowest BCUT2D eigenvalue weighted by atomic mass is 10.1. The van der Waals surface area contributed by atoms with Gasteiger partial charge >= 0.3 is 5.97 Å². The Kier molecular flexibility index (Phi) is 1.92. The Morgan fingerprint density at radius 1 is 1.29 bits per heavy atom. The zero-order valence-corrected chi connectivity index (χ0v) is 9.19. The van der Waals surface area contributed by atoms with E-state index >= 15 is 0 Å². The molecule has 2 heterocycles. The van der Waals surface area contributed by atoms with Crippen LogP contribution < -0.4 is 0 Å². The highest BCUT2D eigenvalue weighted by Gasteiger charge is 2.14. The zero-order chi connectivity index (χ0) is 12.0. The first-order valence-corrected chi connectivity index (χ1v) is 5.28. The number of aryl methyl sites for hydroxylation is 1. The van der Waals surface area contributed by atoms with Crippen molar-refractivity contribution < 1.29 is 9.90 Å². The Labute approximate surface area is 96.9 Å². The molecular weight excluding hydrogens is 216 g/mol. The van der Waals surface area contributed by atoms with Crippen molar-refractivity contribution in [3.05, 3.63) is 41.7 Å². The van der Waals surface area contributed by atoms with Crippen LogP contribution in [0.1, 0.15) is 16.2 Å². The second-order valence-corrected chi connectivity index (χ2v) is 4.01. The summed E-state index contributed by atoms with van der Waals surface area (Å²) in [5.41, 5.74) is 2.30. The molecule has 0 amide bonds. The van der Waals surface area contributed by atoms with Crippen LogP contribution in [0.25, 0.3) is 21.8 Å². The number of carboxylic acid groups (broad SMARTS) is 1. The number of benzene rings is 1. The third kappa shape index (κ3) is 1.38. The predicted molar refractivity (Wildman–Crippen MR) is 65.3 cm³/mol. The highest BCUT2D eigenvalue weighted by Crippen LogP contribution is 2.27. The molecule has 0 bridgehead atoms. The molecule has 84 valence electrons. The lowest BCUT2D eigenvalue weighted by Crippen LogP contribution is -2.02. The Bertz CT molecular complexity index is 744. The Morgan fingerprint density at radius 2 is 2.06 bits per heavy atom. The summed E-state index contributed by atoms with van der Waals surface area (Å²) in [5, 5.41) is 11.1. The van der Waals surface area contributed by atoms with Crippen LogP contribution in [0.4, 0.5) is 0 Å². The molecule has 2 N–H and O–H groups in total. The van der Waals surface area contributed by atoms with Crippen LogP contribution in [0, 0.1) is 6.92 Å². The third-order valence-electron chi connectivity index (χ3n) is 2.83. The first kappa shape index (κ1) is 9.84. The van der Waals surface area contributed by atoms with Gasteiger partial charge < -0.3 is 10.1 Å². The number of aromatic amines is 1. The van der Waals surface area contributed by atoms with Crippen LogP contribution >= 0.6 is 0 Å². The van der Waals surface area contributed by atoms with E-state index in [4.69, 9.17) is 5.11 Å². The average molecular weight is 226 g/mol. The van der Waals surface area contributed by atoms with Gasteiger partial charge in [0, 0.05) is 22.0 Å². The van der Waals surface area contributed by atoms with E-state index in [1.54, 1.807) is 6.92 Å². The van der Waals surface area contributed by atoms with E-state index in [1.807, 2.05) is 30.3 Å². The van der Waals surface area contributed by atoms with Gasteiger partial charge in [-0.25, -0.2) is 9.78 Å². The molecule has 0 atom stereocenters. The topological polar surface area (TPSA) is 66.0 Å². The fourth-order valence-corrected chi connectivity index (χ4v) is 2.13. The number of fused-ring (bicyclic) bond motifs is 3. The molecule has 0 saturated carbocycles. The Morgan fingerprint density at radius 3 is 2.82 bits per heavy atom. The fourth-order valence-electron chi connectivity index (χ4n) is 2.13. The summed E-state index contributed by atoms with van der Waals surface area (Å²) in [4.78, 5) is 18.3. The number of pyridine rings is 1. The average Bonchev–Trinajstić information content (AvgIpc) is 2.66. The van der Waals surface area contributed by atoms with Crippen LogP contribution in [0.2, 0.25) is 0 Å². The second kappa shape index (κ2) is 3.31. The minimum Gasteiger partial charge on any atom is -0.476 e. The predicted octanol–water partition coefficient (Wildman–Crippen LogP) is 2.72. The van der Waals surface area contributed by atoms with Crippen molar-refractivity contribution in [3.63, 3.8) is 0 Å². The van der Waals surface area contributed by atoms with Gasteiger partial charge in [0.05, 0.1) is 5.52 Å². The van der Waals surface area contributed by atoms with Crippen LogP contribution in [0.5, 0.6) is 0 Å². The first-order valence-electron chi connectivity index (χ1n) is 5.28. The molecule has 4 heteroatoms. The molecule has 3 rings (SSSR count). The molecule has 0 aliphatic rings. The summed E-state index contributed by atoms with van der Waals surface area (Å²) < 4.78 is 0. The number of nitrogens with one attached hydrogen (secondary N) is 1. The van der Waals surface area contributed by atoms with Gasteiger partial charge in [-0.2, -0.15) is 0 Å². The number of rotatable bonds is 1. The van der Waals surface area contributed by atoms with Gasteiger partial charge in [-0.1, -0.05) is 18.2 Å². The number of aromatic carboxylic acids is 1. The Hall–Kier alpha value is -2.36. The summed E-state index contributed by atoms with van der Waals surface area (Å²) in [6, 6.07) is 9.65.